The molecule has 0 spiro atoms. The summed E-state index contributed by atoms with van der Waals surface area (Å²) in [6.07, 6.45) is 14.7. The Hall–Kier alpha value is -0.600. The number of hydrogen-bond acceptors (Lipinski definition) is 2. The number of hydrogen-bond donors (Lipinski definition) is 1. The van der Waals surface area contributed by atoms with Crippen LogP contribution in [-0.4, -0.2) is 30.1 Å². The highest BCUT2D eigenvalue weighted by molar-refractivity contribution is 5.19. The Balaban J connectivity index is 1.76. The second-order valence-corrected chi connectivity index (χ2v) is 4.88. The zero-order chi connectivity index (χ0) is 10.6. The van der Waals surface area contributed by atoms with E-state index in [4.69, 9.17) is 5.73 Å². The summed E-state index contributed by atoms with van der Waals surface area (Å²) in [6.45, 7) is 3.71. The number of nitrogens with two attached hydrogens (primary N) is 1. The zero-order valence-electron chi connectivity index (χ0n) is 9.49. The van der Waals surface area contributed by atoms with Crippen molar-refractivity contribution in [2.45, 2.75) is 37.6 Å². The molecule has 2 nitrogen and oxygen atoms in total. The van der Waals surface area contributed by atoms with Crippen molar-refractivity contribution < 1.29 is 0 Å². The molecule has 0 radical (unpaired) electrons. The van der Waals surface area contributed by atoms with Gasteiger partial charge in [-0.25, -0.2) is 0 Å². The zero-order valence-corrected chi connectivity index (χ0v) is 9.49. The maximum Gasteiger partial charge on any atom is 0.0389 e. The van der Waals surface area contributed by atoms with E-state index in [2.05, 4.69) is 29.2 Å². The minimum absolute atomic E-state index is 0.0772. The van der Waals surface area contributed by atoms with E-state index < -0.39 is 0 Å². The van der Waals surface area contributed by atoms with Crippen molar-refractivity contribution in [3.8, 4) is 0 Å². The molecule has 1 heterocycles. The molecular formula is C13H22N2. The number of nitrogens with zero attached hydrogens (tertiary/aromatic N) is 1. The largest absolute Gasteiger partial charge is 0.322 e. The van der Waals surface area contributed by atoms with Crippen molar-refractivity contribution in [2.75, 3.05) is 19.6 Å². The number of likely N-dealkylation sites (tertiary alicyclic amines) is 1. The van der Waals surface area contributed by atoms with Gasteiger partial charge in [0.1, 0.15) is 0 Å². The molecule has 1 fully saturated rings. The van der Waals surface area contributed by atoms with Gasteiger partial charge in [0, 0.05) is 12.1 Å². The maximum absolute atomic E-state index is 6.31. The van der Waals surface area contributed by atoms with Crippen LogP contribution in [0.2, 0.25) is 0 Å². The van der Waals surface area contributed by atoms with Crippen molar-refractivity contribution in [1.82, 2.24) is 4.90 Å². The van der Waals surface area contributed by atoms with E-state index in [1.165, 1.54) is 32.4 Å². The van der Waals surface area contributed by atoms with Gasteiger partial charge in [0.25, 0.3) is 0 Å². The predicted molar refractivity (Wildman–Crippen MR) is 64.7 cm³/mol. The van der Waals surface area contributed by atoms with E-state index in [0.29, 0.717) is 0 Å². The summed E-state index contributed by atoms with van der Waals surface area (Å²) in [6, 6.07) is 0. The van der Waals surface area contributed by atoms with E-state index in [1.807, 2.05) is 0 Å². The highest BCUT2D eigenvalue weighted by Crippen LogP contribution is 2.20. The van der Waals surface area contributed by atoms with Crippen LogP contribution in [0.4, 0.5) is 0 Å². The van der Waals surface area contributed by atoms with Gasteiger partial charge in [0.2, 0.25) is 0 Å². The number of rotatable bonds is 3. The van der Waals surface area contributed by atoms with E-state index in [9.17, 15) is 0 Å². The van der Waals surface area contributed by atoms with Crippen LogP contribution in [0.3, 0.4) is 0 Å². The Bertz CT molecular complexity index is 251. The lowest BCUT2D eigenvalue weighted by molar-refractivity contribution is 0.213. The van der Waals surface area contributed by atoms with Crippen LogP contribution in [0.25, 0.3) is 0 Å². The molecule has 2 heteroatoms. The molecule has 2 aliphatic rings. The minimum atomic E-state index is -0.0772. The van der Waals surface area contributed by atoms with Crippen LogP contribution < -0.4 is 5.73 Å². The Labute approximate surface area is 92.8 Å². The Morgan fingerprint density at radius 3 is 2.60 bits per heavy atom. The van der Waals surface area contributed by atoms with Crippen LogP contribution >= 0.6 is 0 Å². The molecule has 0 amide bonds. The first-order valence-corrected chi connectivity index (χ1v) is 6.14. The van der Waals surface area contributed by atoms with E-state index >= 15 is 0 Å². The third kappa shape index (κ3) is 3.18. The van der Waals surface area contributed by atoms with Gasteiger partial charge in [-0.1, -0.05) is 30.7 Å². The van der Waals surface area contributed by atoms with Crippen LogP contribution in [0.1, 0.15) is 32.1 Å². The van der Waals surface area contributed by atoms with Crippen LogP contribution in [0.15, 0.2) is 24.3 Å². The van der Waals surface area contributed by atoms with Crippen LogP contribution in [0.5, 0.6) is 0 Å². The second kappa shape index (κ2) is 4.95. The van der Waals surface area contributed by atoms with Gasteiger partial charge in [0.15, 0.2) is 0 Å². The molecule has 1 saturated heterocycles. The number of piperidine rings is 1. The summed E-state index contributed by atoms with van der Waals surface area (Å²) in [5.41, 5.74) is 6.23. The van der Waals surface area contributed by atoms with Gasteiger partial charge in [-0.2, -0.15) is 0 Å². The molecule has 0 bridgehead atoms. The van der Waals surface area contributed by atoms with Crippen LogP contribution in [-0.2, 0) is 0 Å². The van der Waals surface area contributed by atoms with Crippen molar-refractivity contribution in [2.24, 2.45) is 5.73 Å². The van der Waals surface area contributed by atoms with E-state index in [-0.39, 0.29) is 5.54 Å². The average molecular weight is 206 g/mol. The second-order valence-electron chi connectivity index (χ2n) is 4.88. The molecule has 0 aromatic heterocycles. The molecule has 1 aliphatic heterocycles. The summed E-state index contributed by atoms with van der Waals surface area (Å²) in [7, 11) is 0. The van der Waals surface area contributed by atoms with Crippen molar-refractivity contribution in [1.29, 1.82) is 0 Å². The van der Waals surface area contributed by atoms with Gasteiger partial charge in [0.05, 0.1) is 0 Å². The van der Waals surface area contributed by atoms with Gasteiger partial charge in [-0.3, -0.25) is 0 Å². The molecule has 1 atom stereocenters. The summed E-state index contributed by atoms with van der Waals surface area (Å²) in [5.74, 6) is 0. The van der Waals surface area contributed by atoms with Crippen molar-refractivity contribution >= 4 is 0 Å². The minimum Gasteiger partial charge on any atom is -0.322 e. The normalized spacial score (nSPS) is 32.1. The van der Waals surface area contributed by atoms with Gasteiger partial charge < -0.3 is 10.6 Å². The smallest absolute Gasteiger partial charge is 0.0389 e. The summed E-state index contributed by atoms with van der Waals surface area (Å²) >= 11 is 0. The molecule has 15 heavy (non-hydrogen) atoms. The summed E-state index contributed by atoms with van der Waals surface area (Å²) < 4.78 is 0. The van der Waals surface area contributed by atoms with Gasteiger partial charge in [-0.05, 0) is 38.8 Å². The molecule has 0 aromatic carbocycles. The fraction of sp³-hybridized carbons (Fsp3) is 0.692. The fourth-order valence-corrected chi connectivity index (χ4v) is 2.42. The molecule has 1 unspecified atom stereocenters. The molecule has 0 saturated carbocycles. The highest BCUT2D eigenvalue weighted by atomic mass is 15.1. The Kier molecular flexibility index (Phi) is 3.60. The third-order valence-corrected chi connectivity index (χ3v) is 3.52. The van der Waals surface area contributed by atoms with Gasteiger partial charge >= 0.3 is 0 Å². The molecule has 84 valence electrons. The van der Waals surface area contributed by atoms with Gasteiger partial charge in [-0.15, -0.1) is 0 Å². The predicted octanol–water partition coefficient (Wildman–Crippen LogP) is 2.08. The van der Waals surface area contributed by atoms with Crippen molar-refractivity contribution in [3.05, 3.63) is 24.3 Å². The molecule has 2 rings (SSSR count). The molecular weight excluding hydrogens is 184 g/mol. The monoisotopic (exact) mass is 206 g/mol. The summed E-state index contributed by atoms with van der Waals surface area (Å²) in [5, 5.41) is 0. The lowest BCUT2D eigenvalue weighted by Gasteiger charge is -2.32. The third-order valence-electron chi connectivity index (χ3n) is 3.52. The van der Waals surface area contributed by atoms with E-state index in [0.717, 1.165) is 19.4 Å². The van der Waals surface area contributed by atoms with E-state index in [1.54, 1.807) is 0 Å². The fourth-order valence-electron chi connectivity index (χ4n) is 2.42. The number of allylic oxidation sites excluding steroid dienone is 2. The lowest BCUT2D eigenvalue weighted by atomic mass is 9.88. The topological polar surface area (TPSA) is 29.3 Å². The Morgan fingerprint density at radius 2 is 1.93 bits per heavy atom. The highest BCUT2D eigenvalue weighted by Gasteiger charge is 2.22. The quantitative estimate of drug-likeness (QED) is 0.766. The molecule has 2 N–H and O–H groups in total. The van der Waals surface area contributed by atoms with Crippen molar-refractivity contribution in [3.63, 3.8) is 0 Å². The first kappa shape index (κ1) is 10.9. The standard InChI is InChI=1S/C13H22N2/c14-13(7-3-1-4-8-13)9-12-15-10-5-2-6-11-15/h1,3-4,7H,2,5-6,8-12,14H2. The molecule has 0 aromatic rings. The molecule has 1 aliphatic carbocycles. The van der Waals surface area contributed by atoms with Crippen LogP contribution in [0, 0.1) is 0 Å². The first-order chi connectivity index (χ1) is 7.29. The lowest BCUT2D eigenvalue weighted by Crippen LogP contribution is -2.42. The SMILES string of the molecule is NC1(CCN2CCCCC2)C=CC=CC1. The first-order valence-electron chi connectivity index (χ1n) is 6.14. The Morgan fingerprint density at radius 1 is 1.13 bits per heavy atom. The average Bonchev–Trinajstić information content (AvgIpc) is 2.29. The maximum atomic E-state index is 6.31. The summed E-state index contributed by atoms with van der Waals surface area (Å²) in [4.78, 5) is 2.56.